The van der Waals surface area contributed by atoms with Gasteiger partial charge in [0.1, 0.15) is 5.75 Å². The van der Waals surface area contributed by atoms with E-state index in [0.717, 1.165) is 16.8 Å². The van der Waals surface area contributed by atoms with Crippen LogP contribution in [0, 0.1) is 13.8 Å². The van der Waals surface area contributed by atoms with Gasteiger partial charge in [-0.25, -0.2) is 0 Å². The lowest BCUT2D eigenvalue weighted by molar-refractivity contribution is -0.121. The number of hydrogen-bond donors (Lipinski definition) is 1. The van der Waals surface area contributed by atoms with Gasteiger partial charge in [0.25, 0.3) is 5.91 Å². The highest BCUT2D eigenvalue weighted by atomic mass is 16.5. The average molecular weight is 366 g/mol. The van der Waals surface area contributed by atoms with Crippen LogP contribution in [0.5, 0.6) is 5.75 Å². The van der Waals surface area contributed by atoms with Gasteiger partial charge in [0.2, 0.25) is 5.91 Å². The SMILES string of the molecule is CC(=O)c1ccc2c(c1)N(CCC(=O)Nc1cc(C)ccc1C)C(=O)CO2. The highest BCUT2D eigenvalue weighted by Gasteiger charge is 2.26. The Morgan fingerprint density at radius 1 is 1.15 bits per heavy atom. The summed E-state index contributed by atoms with van der Waals surface area (Å²) in [5, 5.41) is 2.90. The minimum absolute atomic E-state index is 0.0783. The molecule has 0 aromatic heterocycles. The van der Waals surface area contributed by atoms with Crippen LogP contribution in [0.2, 0.25) is 0 Å². The molecule has 27 heavy (non-hydrogen) atoms. The molecule has 1 heterocycles. The number of ketones is 1. The summed E-state index contributed by atoms with van der Waals surface area (Å²) in [6.07, 6.45) is 0.142. The van der Waals surface area contributed by atoms with Gasteiger partial charge in [0, 0.05) is 24.2 Å². The van der Waals surface area contributed by atoms with Gasteiger partial charge < -0.3 is 15.0 Å². The van der Waals surface area contributed by atoms with E-state index >= 15 is 0 Å². The number of benzene rings is 2. The monoisotopic (exact) mass is 366 g/mol. The fraction of sp³-hybridized carbons (Fsp3) is 0.286. The van der Waals surface area contributed by atoms with Gasteiger partial charge in [-0.2, -0.15) is 0 Å². The third-order valence-electron chi connectivity index (χ3n) is 4.54. The summed E-state index contributed by atoms with van der Waals surface area (Å²) < 4.78 is 5.43. The van der Waals surface area contributed by atoms with Crippen molar-refractivity contribution in [3.8, 4) is 5.75 Å². The number of hydrogen-bond acceptors (Lipinski definition) is 4. The predicted molar refractivity (Wildman–Crippen MR) is 103 cm³/mol. The molecule has 0 fully saturated rings. The molecule has 2 aromatic rings. The van der Waals surface area contributed by atoms with Crippen molar-refractivity contribution in [2.45, 2.75) is 27.2 Å². The molecule has 0 bridgehead atoms. The summed E-state index contributed by atoms with van der Waals surface area (Å²) in [4.78, 5) is 37.8. The number of Topliss-reactive ketones (excluding diaryl/α,β-unsaturated/α-hetero) is 1. The minimum atomic E-state index is -0.234. The van der Waals surface area contributed by atoms with Gasteiger partial charge in [-0.1, -0.05) is 12.1 Å². The van der Waals surface area contributed by atoms with Crippen molar-refractivity contribution in [3.63, 3.8) is 0 Å². The lowest BCUT2D eigenvalue weighted by Gasteiger charge is -2.29. The van der Waals surface area contributed by atoms with Crippen LogP contribution in [0.4, 0.5) is 11.4 Å². The number of rotatable bonds is 5. The first-order valence-corrected chi connectivity index (χ1v) is 8.80. The van der Waals surface area contributed by atoms with Gasteiger partial charge in [-0.3, -0.25) is 14.4 Å². The first-order valence-electron chi connectivity index (χ1n) is 8.80. The van der Waals surface area contributed by atoms with Crippen molar-refractivity contribution in [1.29, 1.82) is 0 Å². The second kappa shape index (κ2) is 7.61. The van der Waals surface area contributed by atoms with Crippen LogP contribution in [0.3, 0.4) is 0 Å². The first kappa shape index (κ1) is 18.6. The number of amides is 2. The van der Waals surface area contributed by atoms with E-state index in [9.17, 15) is 14.4 Å². The Morgan fingerprint density at radius 2 is 1.93 bits per heavy atom. The number of fused-ring (bicyclic) bond motifs is 1. The molecule has 1 aliphatic rings. The molecule has 140 valence electrons. The second-order valence-corrected chi connectivity index (χ2v) is 6.69. The van der Waals surface area contributed by atoms with Gasteiger partial charge in [-0.15, -0.1) is 0 Å². The fourth-order valence-electron chi connectivity index (χ4n) is 2.96. The molecule has 6 heteroatoms. The van der Waals surface area contributed by atoms with Crippen molar-refractivity contribution in [1.82, 2.24) is 0 Å². The van der Waals surface area contributed by atoms with Gasteiger partial charge in [-0.05, 0) is 56.2 Å². The summed E-state index contributed by atoms with van der Waals surface area (Å²) in [6, 6.07) is 10.8. The van der Waals surface area contributed by atoms with Crippen LogP contribution in [-0.2, 0) is 9.59 Å². The maximum Gasteiger partial charge on any atom is 0.265 e. The molecule has 0 spiro atoms. The van der Waals surface area contributed by atoms with E-state index in [1.807, 2.05) is 32.0 Å². The van der Waals surface area contributed by atoms with E-state index in [-0.39, 0.29) is 37.2 Å². The molecule has 0 atom stereocenters. The van der Waals surface area contributed by atoms with Crippen molar-refractivity contribution in [2.75, 3.05) is 23.4 Å². The predicted octanol–water partition coefficient (Wildman–Crippen LogP) is 3.26. The van der Waals surface area contributed by atoms with E-state index in [2.05, 4.69) is 5.32 Å². The van der Waals surface area contributed by atoms with Crippen LogP contribution >= 0.6 is 0 Å². The number of carbonyl (C=O) groups excluding carboxylic acids is 3. The van der Waals surface area contributed by atoms with E-state index in [1.54, 1.807) is 18.2 Å². The number of aryl methyl sites for hydroxylation is 2. The Kier molecular flexibility index (Phi) is 5.26. The van der Waals surface area contributed by atoms with Crippen molar-refractivity contribution in [3.05, 3.63) is 53.1 Å². The van der Waals surface area contributed by atoms with Gasteiger partial charge in [0.15, 0.2) is 12.4 Å². The van der Waals surface area contributed by atoms with Crippen LogP contribution in [0.25, 0.3) is 0 Å². The Hall–Kier alpha value is -3.15. The maximum atomic E-state index is 12.4. The number of carbonyl (C=O) groups is 3. The number of nitrogens with zero attached hydrogens (tertiary/aromatic N) is 1. The molecule has 1 aliphatic heterocycles. The largest absolute Gasteiger partial charge is 0.482 e. The zero-order valence-corrected chi connectivity index (χ0v) is 15.7. The molecule has 6 nitrogen and oxygen atoms in total. The standard InChI is InChI=1S/C21H22N2O4/c1-13-4-5-14(2)17(10-13)22-20(25)8-9-23-18-11-16(15(3)24)6-7-19(18)27-12-21(23)26/h4-7,10-11H,8-9,12H2,1-3H3,(H,22,25). The quantitative estimate of drug-likeness (QED) is 0.824. The van der Waals surface area contributed by atoms with Crippen LogP contribution in [0.15, 0.2) is 36.4 Å². The summed E-state index contributed by atoms with van der Waals surface area (Å²) in [5.74, 6) is 0.0352. The third kappa shape index (κ3) is 4.16. The second-order valence-electron chi connectivity index (χ2n) is 6.69. The van der Waals surface area contributed by atoms with Gasteiger partial charge in [0.05, 0.1) is 5.69 Å². The molecule has 1 N–H and O–H groups in total. The van der Waals surface area contributed by atoms with E-state index < -0.39 is 0 Å². The molecule has 3 rings (SSSR count). The van der Waals surface area contributed by atoms with Crippen LogP contribution < -0.4 is 15.0 Å². The highest BCUT2D eigenvalue weighted by Crippen LogP contribution is 2.33. The van der Waals surface area contributed by atoms with E-state index in [4.69, 9.17) is 4.74 Å². The smallest absolute Gasteiger partial charge is 0.265 e. The van der Waals surface area contributed by atoms with Crippen molar-refractivity contribution >= 4 is 29.0 Å². The first-order chi connectivity index (χ1) is 12.8. The van der Waals surface area contributed by atoms with Crippen molar-refractivity contribution in [2.24, 2.45) is 0 Å². The molecule has 0 saturated heterocycles. The Bertz CT molecular complexity index is 920. The summed E-state index contributed by atoms with van der Waals surface area (Å²) in [5.41, 5.74) is 3.83. The van der Waals surface area contributed by atoms with Crippen LogP contribution in [0.1, 0.15) is 34.8 Å². The Morgan fingerprint density at radius 3 is 2.67 bits per heavy atom. The van der Waals surface area contributed by atoms with E-state index in [0.29, 0.717) is 17.0 Å². The summed E-state index contributed by atoms with van der Waals surface area (Å²) in [6.45, 7) is 5.50. The molecule has 0 saturated carbocycles. The lowest BCUT2D eigenvalue weighted by atomic mass is 10.1. The normalized spacial score (nSPS) is 13.0. The number of anilines is 2. The average Bonchev–Trinajstić information content (AvgIpc) is 2.63. The molecular formula is C21H22N2O4. The summed E-state index contributed by atoms with van der Waals surface area (Å²) >= 11 is 0. The molecule has 2 amide bonds. The lowest BCUT2D eigenvalue weighted by Crippen LogP contribution is -2.40. The Balaban J connectivity index is 1.73. The molecule has 2 aromatic carbocycles. The minimum Gasteiger partial charge on any atom is -0.482 e. The zero-order chi connectivity index (χ0) is 19.6. The van der Waals surface area contributed by atoms with E-state index in [1.165, 1.54) is 11.8 Å². The molecule has 0 radical (unpaired) electrons. The van der Waals surface area contributed by atoms with Crippen LogP contribution in [-0.4, -0.2) is 30.7 Å². The van der Waals surface area contributed by atoms with Crippen molar-refractivity contribution < 1.29 is 19.1 Å². The molecule has 0 unspecified atom stereocenters. The Labute approximate surface area is 158 Å². The maximum absolute atomic E-state index is 12.4. The zero-order valence-electron chi connectivity index (χ0n) is 15.7. The number of nitrogens with one attached hydrogen (secondary N) is 1. The summed E-state index contributed by atoms with van der Waals surface area (Å²) in [7, 11) is 0. The topological polar surface area (TPSA) is 75.7 Å². The van der Waals surface area contributed by atoms with Gasteiger partial charge >= 0.3 is 0 Å². The highest BCUT2D eigenvalue weighted by molar-refractivity contribution is 6.02. The number of ether oxygens (including phenoxy) is 1. The molecule has 0 aliphatic carbocycles. The fourth-order valence-corrected chi connectivity index (χ4v) is 2.96. The third-order valence-corrected chi connectivity index (χ3v) is 4.54. The molecular weight excluding hydrogens is 344 g/mol.